The van der Waals surface area contributed by atoms with Crippen molar-refractivity contribution in [2.24, 2.45) is 0 Å². The number of amides is 1. The van der Waals surface area contributed by atoms with E-state index in [9.17, 15) is 9.18 Å². The van der Waals surface area contributed by atoms with Crippen LogP contribution in [-0.4, -0.2) is 10.9 Å². The first-order valence-corrected chi connectivity index (χ1v) is 5.41. The Labute approximate surface area is 103 Å². The third-order valence-corrected chi connectivity index (χ3v) is 2.68. The Balaban J connectivity index is 2.06. The Morgan fingerprint density at radius 3 is 2.82 bits per heavy atom. The predicted molar refractivity (Wildman–Crippen MR) is 63.4 cm³/mol. The Morgan fingerprint density at radius 2 is 2.18 bits per heavy atom. The van der Waals surface area contributed by atoms with E-state index in [-0.39, 0.29) is 18.0 Å². The SMILES string of the molecule is O=C(NCc1c(F)cccc1Cl)c1ccc[nH]1. The fourth-order valence-corrected chi connectivity index (χ4v) is 1.67. The summed E-state index contributed by atoms with van der Waals surface area (Å²) in [5, 5.41) is 2.89. The molecule has 0 aliphatic heterocycles. The molecule has 0 aliphatic carbocycles. The Morgan fingerprint density at radius 1 is 1.35 bits per heavy atom. The van der Waals surface area contributed by atoms with Crippen molar-refractivity contribution in [3.05, 3.63) is 58.6 Å². The van der Waals surface area contributed by atoms with Gasteiger partial charge in [0.15, 0.2) is 0 Å². The van der Waals surface area contributed by atoms with Gasteiger partial charge in [-0.1, -0.05) is 17.7 Å². The normalized spacial score (nSPS) is 10.2. The van der Waals surface area contributed by atoms with Gasteiger partial charge >= 0.3 is 0 Å². The standard InChI is InChI=1S/C12H10ClFN2O/c13-9-3-1-4-10(14)8(9)7-16-12(17)11-5-2-6-15-11/h1-6,15H,7H2,(H,16,17). The summed E-state index contributed by atoms with van der Waals surface area (Å²) in [5.74, 6) is -0.724. The number of benzene rings is 1. The maximum Gasteiger partial charge on any atom is 0.267 e. The summed E-state index contributed by atoms with van der Waals surface area (Å²) in [6.45, 7) is 0.0589. The fourth-order valence-electron chi connectivity index (χ4n) is 1.44. The number of hydrogen-bond donors (Lipinski definition) is 2. The molecule has 2 aromatic rings. The maximum absolute atomic E-state index is 13.4. The van der Waals surface area contributed by atoms with Crippen LogP contribution in [0, 0.1) is 5.82 Å². The maximum atomic E-state index is 13.4. The molecule has 0 aliphatic rings. The molecule has 1 heterocycles. The smallest absolute Gasteiger partial charge is 0.267 e. The second-order valence-corrected chi connectivity index (χ2v) is 3.87. The number of carbonyl (C=O) groups excluding carboxylic acids is 1. The van der Waals surface area contributed by atoms with E-state index in [1.165, 1.54) is 12.1 Å². The highest BCUT2D eigenvalue weighted by atomic mass is 35.5. The molecule has 0 fully saturated rings. The molecule has 0 saturated carbocycles. The molecule has 2 rings (SSSR count). The van der Waals surface area contributed by atoms with Crippen LogP contribution < -0.4 is 5.32 Å². The van der Waals surface area contributed by atoms with Gasteiger partial charge in [0.2, 0.25) is 0 Å². The number of carbonyl (C=O) groups is 1. The van der Waals surface area contributed by atoms with Crippen LogP contribution in [0.2, 0.25) is 5.02 Å². The lowest BCUT2D eigenvalue weighted by molar-refractivity contribution is 0.0946. The number of halogens is 2. The van der Waals surface area contributed by atoms with Crippen LogP contribution >= 0.6 is 11.6 Å². The molecule has 2 N–H and O–H groups in total. The van der Waals surface area contributed by atoms with Crippen molar-refractivity contribution in [1.82, 2.24) is 10.3 Å². The molecule has 88 valence electrons. The first-order chi connectivity index (χ1) is 8.18. The molecule has 0 saturated heterocycles. The number of rotatable bonds is 3. The molecule has 5 heteroatoms. The highest BCUT2D eigenvalue weighted by Gasteiger charge is 2.10. The zero-order valence-electron chi connectivity index (χ0n) is 8.84. The van der Waals surface area contributed by atoms with Gasteiger partial charge in [0.25, 0.3) is 5.91 Å². The minimum atomic E-state index is -0.427. The number of H-pyrrole nitrogens is 1. The van der Waals surface area contributed by atoms with E-state index in [0.717, 1.165) is 0 Å². The van der Waals surface area contributed by atoms with Crippen molar-refractivity contribution in [3.63, 3.8) is 0 Å². The van der Waals surface area contributed by atoms with Crippen molar-refractivity contribution < 1.29 is 9.18 Å². The quantitative estimate of drug-likeness (QED) is 0.867. The van der Waals surface area contributed by atoms with Gasteiger partial charge in [0.1, 0.15) is 11.5 Å². The molecule has 0 radical (unpaired) electrons. The van der Waals surface area contributed by atoms with Gasteiger partial charge < -0.3 is 10.3 Å². The third kappa shape index (κ3) is 2.65. The summed E-state index contributed by atoms with van der Waals surface area (Å²) in [7, 11) is 0. The van der Waals surface area contributed by atoms with E-state index in [2.05, 4.69) is 10.3 Å². The van der Waals surface area contributed by atoms with Crippen molar-refractivity contribution >= 4 is 17.5 Å². The molecule has 3 nitrogen and oxygen atoms in total. The molecule has 0 atom stereocenters. The van der Waals surface area contributed by atoms with Crippen LogP contribution in [-0.2, 0) is 6.54 Å². The third-order valence-electron chi connectivity index (χ3n) is 2.33. The van der Waals surface area contributed by atoms with E-state index in [1.54, 1.807) is 24.4 Å². The molecule has 0 bridgehead atoms. The molecule has 0 unspecified atom stereocenters. The average molecular weight is 253 g/mol. The fraction of sp³-hybridized carbons (Fsp3) is 0.0833. The van der Waals surface area contributed by atoms with Crippen LogP contribution in [0.5, 0.6) is 0 Å². The Hall–Kier alpha value is -1.81. The van der Waals surface area contributed by atoms with Crippen LogP contribution in [0.3, 0.4) is 0 Å². The molecule has 1 amide bonds. The average Bonchev–Trinajstić information content (AvgIpc) is 2.81. The lowest BCUT2D eigenvalue weighted by Gasteiger charge is -2.07. The summed E-state index contributed by atoms with van der Waals surface area (Å²) in [6.07, 6.45) is 1.64. The second-order valence-electron chi connectivity index (χ2n) is 3.47. The number of nitrogens with one attached hydrogen (secondary N) is 2. The van der Waals surface area contributed by atoms with Gasteiger partial charge in [-0.2, -0.15) is 0 Å². The van der Waals surface area contributed by atoms with E-state index < -0.39 is 5.82 Å². The van der Waals surface area contributed by atoms with Crippen LogP contribution in [0.15, 0.2) is 36.5 Å². The number of aromatic nitrogens is 1. The minimum absolute atomic E-state index is 0.0589. The topological polar surface area (TPSA) is 44.9 Å². The van der Waals surface area contributed by atoms with Crippen LogP contribution in [0.1, 0.15) is 16.1 Å². The molecular formula is C12H10ClFN2O. The van der Waals surface area contributed by atoms with Gasteiger partial charge in [-0.05, 0) is 24.3 Å². The van der Waals surface area contributed by atoms with E-state index in [4.69, 9.17) is 11.6 Å². The zero-order chi connectivity index (χ0) is 12.3. The van der Waals surface area contributed by atoms with Gasteiger partial charge in [0, 0.05) is 23.3 Å². The first kappa shape index (κ1) is 11.7. The second kappa shape index (κ2) is 5.01. The molecular weight excluding hydrogens is 243 g/mol. The van der Waals surface area contributed by atoms with E-state index >= 15 is 0 Å². The molecule has 1 aromatic heterocycles. The number of aromatic amines is 1. The largest absolute Gasteiger partial charge is 0.357 e. The highest BCUT2D eigenvalue weighted by Crippen LogP contribution is 2.18. The first-order valence-electron chi connectivity index (χ1n) is 5.03. The Bertz CT molecular complexity index is 505. The molecule has 0 spiro atoms. The van der Waals surface area contributed by atoms with Crippen LogP contribution in [0.4, 0.5) is 4.39 Å². The monoisotopic (exact) mass is 252 g/mol. The summed E-state index contributed by atoms with van der Waals surface area (Å²) in [4.78, 5) is 14.4. The zero-order valence-corrected chi connectivity index (χ0v) is 9.59. The van der Waals surface area contributed by atoms with Crippen LogP contribution in [0.25, 0.3) is 0 Å². The van der Waals surface area contributed by atoms with Gasteiger partial charge in [0.05, 0.1) is 0 Å². The van der Waals surface area contributed by atoms with Crippen molar-refractivity contribution in [2.45, 2.75) is 6.54 Å². The number of hydrogen-bond acceptors (Lipinski definition) is 1. The lowest BCUT2D eigenvalue weighted by atomic mass is 10.2. The van der Waals surface area contributed by atoms with Gasteiger partial charge in [-0.3, -0.25) is 4.79 Å². The summed E-state index contributed by atoms with van der Waals surface area (Å²) in [5.41, 5.74) is 0.714. The highest BCUT2D eigenvalue weighted by molar-refractivity contribution is 6.31. The molecule has 1 aromatic carbocycles. The lowest BCUT2D eigenvalue weighted by Crippen LogP contribution is -2.23. The molecule has 17 heavy (non-hydrogen) atoms. The van der Waals surface area contributed by atoms with Gasteiger partial charge in [-0.25, -0.2) is 4.39 Å². The predicted octanol–water partition coefficient (Wildman–Crippen LogP) is 2.74. The minimum Gasteiger partial charge on any atom is -0.357 e. The van der Waals surface area contributed by atoms with E-state index in [0.29, 0.717) is 10.7 Å². The Kier molecular flexibility index (Phi) is 3.44. The summed E-state index contributed by atoms with van der Waals surface area (Å²) < 4.78 is 13.4. The summed E-state index contributed by atoms with van der Waals surface area (Å²) >= 11 is 5.84. The van der Waals surface area contributed by atoms with Crippen molar-refractivity contribution in [1.29, 1.82) is 0 Å². The van der Waals surface area contributed by atoms with E-state index in [1.807, 2.05) is 0 Å². The van der Waals surface area contributed by atoms with Crippen molar-refractivity contribution in [2.75, 3.05) is 0 Å². The van der Waals surface area contributed by atoms with Crippen molar-refractivity contribution in [3.8, 4) is 0 Å². The van der Waals surface area contributed by atoms with Gasteiger partial charge in [-0.15, -0.1) is 0 Å². The summed E-state index contributed by atoms with van der Waals surface area (Å²) in [6, 6.07) is 7.76.